The van der Waals surface area contributed by atoms with E-state index >= 15 is 0 Å². The van der Waals surface area contributed by atoms with Crippen LogP contribution in [0.2, 0.25) is 10.0 Å². The summed E-state index contributed by atoms with van der Waals surface area (Å²) in [5, 5.41) is 12.8. The Labute approximate surface area is 190 Å². The van der Waals surface area contributed by atoms with Gasteiger partial charge in [0.15, 0.2) is 11.5 Å². The maximum absolute atomic E-state index is 12.5. The Balaban J connectivity index is 0.00000171. The summed E-state index contributed by atoms with van der Waals surface area (Å²) in [6, 6.07) is 14.5. The number of ether oxygens (including phenoxy) is 2. The third kappa shape index (κ3) is 4.93. The van der Waals surface area contributed by atoms with E-state index in [9.17, 15) is 14.7 Å². The molecule has 1 heterocycles. The van der Waals surface area contributed by atoms with Crippen molar-refractivity contribution in [3.05, 3.63) is 75.8 Å². The topological polar surface area (TPSA) is 84.9 Å². The van der Waals surface area contributed by atoms with E-state index in [1.807, 2.05) is 0 Å². The molecule has 6 nitrogen and oxygen atoms in total. The Hall–Kier alpha value is -3.22. The first-order valence-electron chi connectivity index (χ1n) is 8.46. The third-order valence-electron chi connectivity index (χ3n) is 4.38. The highest BCUT2D eigenvalue weighted by atomic mass is 35.5. The van der Waals surface area contributed by atoms with Crippen molar-refractivity contribution in [2.45, 2.75) is 14.9 Å². The van der Waals surface area contributed by atoms with Gasteiger partial charge in [0.2, 0.25) is 6.79 Å². The smallest absolute Gasteiger partial charge is 0.337 e. The maximum atomic E-state index is 12.5. The number of halogens is 2. The number of carboxylic acid groups (broad SMARTS) is 1. The molecule has 0 spiro atoms. The van der Waals surface area contributed by atoms with Crippen molar-refractivity contribution in [2.75, 3.05) is 12.1 Å². The van der Waals surface area contributed by atoms with E-state index in [1.54, 1.807) is 24.3 Å². The highest BCUT2D eigenvalue weighted by Gasteiger charge is 2.18. The number of nitrogens with one attached hydrogen (secondary N) is 1. The van der Waals surface area contributed by atoms with E-state index in [0.717, 1.165) is 5.56 Å². The molecule has 0 saturated heterocycles. The molecule has 0 radical (unpaired) electrons. The van der Waals surface area contributed by atoms with Crippen molar-refractivity contribution in [1.29, 1.82) is 0 Å². The monoisotopic (exact) mass is 461 g/mol. The van der Waals surface area contributed by atoms with Crippen LogP contribution in [0.3, 0.4) is 0 Å². The zero-order valence-corrected chi connectivity index (χ0v) is 16.3. The summed E-state index contributed by atoms with van der Waals surface area (Å²) in [6.45, 7) is 0.150. The lowest BCUT2D eigenvalue weighted by atomic mass is 10.0. The molecule has 0 aromatic heterocycles. The van der Waals surface area contributed by atoms with E-state index in [0.29, 0.717) is 22.1 Å². The largest absolute Gasteiger partial charge is 0.478 e. The number of carboxylic acids is 1. The van der Waals surface area contributed by atoms with Crippen molar-refractivity contribution in [1.82, 2.24) is 0 Å². The van der Waals surface area contributed by atoms with Crippen molar-refractivity contribution < 1.29 is 24.2 Å². The normalized spacial score (nSPS) is 11.2. The first-order chi connectivity index (χ1) is 13.9. The van der Waals surface area contributed by atoms with Gasteiger partial charge >= 0.3 is 5.97 Å². The number of hydrogen-bond donors (Lipinski definition) is 2. The minimum atomic E-state index is -1.18. The van der Waals surface area contributed by atoms with Crippen molar-refractivity contribution in [3.8, 4) is 22.6 Å². The van der Waals surface area contributed by atoms with Gasteiger partial charge in [-0.05, 0) is 53.6 Å². The molecule has 0 saturated carbocycles. The molecular weight excluding hydrogens is 441 g/mol. The van der Waals surface area contributed by atoms with Crippen LogP contribution in [-0.2, 0) is 0 Å². The number of aromatic carboxylic acids is 1. The number of carbonyl (C=O) groups is 2. The summed E-state index contributed by atoms with van der Waals surface area (Å²) in [6.07, 6.45) is 0. The lowest BCUT2D eigenvalue weighted by Crippen LogP contribution is -2.15. The second kappa shape index (κ2) is 9.73. The molecule has 3 aromatic rings. The van der Waals surface area contributed by atoms with Gasteiger partial charge < -0.3 is 19.9 Å². The Morgan fingerprint density at radius 1 is 0.839 bits per heavy atom. The Bertz CT molecular complexity index is 1150. The standard InChI is InChI=1S/C21H13Cl2NO5.2CH4/c22-13-3-4-14(16(23)9-13)20(25)24-17-5-1-11(7-15(17)21(26)27)12-2-6-18-19(8-12)29-10-28-18;;/h1-9H,10H2,(H,24,25)(H,26,27);2*1H4. The fourth-order valence-corrected chi connectivity index (χ4v) is 3.44. The van der Waals surface area contributed by atoms with Gasteiger partial charge in [0.1, 0.15) is 0 Å². The van der Waals surface area contributed by atoms with Crippen LogP contribution >= 0.6 is 23.2 Å². The maximum Gasteiger partial charge on any atom is 0.337 e. The number of rotatable bonds is 4. The van der Waals surface area contributed by atoms with Gasteiger partial charge in [-0.2, -0.15) is 0 Å². The van der Waals surface area contributed by atoms with Crippen LogP contribution in [0.15, 0.2) is 54.6 Å². The SMILES string of the molecule is C.C.O=C(Nc1ccc(-c2ccc3c(c2)OCO3)cc1C(=O)O)c1ccc(Cl)cc1Cl. The van der Waals surface area contributed by atoms with Gasteiger partial charge in [-0.25, -0.2) is 4.79 Å². The quantitative estimate of drug-likeness (QED) is 0.456. The lowest BCUT2D eigenvalue weighted by molar-refractivity contribution is 0.0698. The average molecular weight is 462 g/mol. The van der Waals surface area contributed by atoms with Gasteiger partial charge in [-0.3, -0.25) is 4.79 Å². The highest BCUT2D eigenvalue weighted by Crippen LogP contribution is 2.36. The van der Waals surface area contributed by atoms with Crippen LogP contribution in [0, 0.1) is 0 Å². The van der Waals surface area contributed by atoms with E-state index in [4.69, 9.17) is 32.7 Å². The molecule has 0 bridgehead atoms. The van der Waals surface area contributed by atoms with Crippen molar-refractivity contribution in [3.63, 3.8) is 0 Å². The van der Waals surface area contributed by atoms with Gasteiger partial charge in [0.05, 0.1) is 21.8 Å². The van der Waals surface area contributed by atoms with E-state index in [2.05, 4.69) is 5.32 Å². The second-order valence-corrected chi connectivity index (χ2v) is 7.06. The molecule has 0 fully saturated rings. The molecule has 0 unspecified atom stereocenters. The fourth-order valence-electron chi connectivity index (χ4n) is 2.95. The van der Waals surface area contributed by atoms with Crippen LogP contribution in [0.1, 0.15) is 35.6 Å². The number of benzene rings is 3. The van der Waals surface area contributed by atoms with Crippen molar-refractivity contribution in [2.24, 2.45) is 0 Å². The summed E-state index contributed by atoms with van der Waals surface area (Å²) >= 11 is 11.9. The fraction of sp³-hybridized carbons (Fsp3) is 0.130. The molecule has 1 aliphatic heterocycles. The molecule has 0 aliphatic carbocycles. The molecule has 1 amide bonds. The molecule has 1 aliphatic rings. The number of amides is 1. The van der Waals surface area contributed by atoms with E-state index in [-0.39, 0.29) is 43.5 Å². The summed E-state index contributed by atoms with van der Waals surface area (Å²) < 4.78 is 10.7. The second-order valence-electron chi connectivity index (χ2n) is 6.21. The Kier molecular flexibility index (Phi) is 7.55. The number of anilines is 1. The summed E-state index contributed by atoms with van der Waals surface area (Å²) in [4.78, 5) is 24.3. The molecule has 8 heteroatoms. The summed E-state index contributed by atoms with van der Waals surface area (Å²) in [5.41, 5.74) is 1.70. The highest BCUT2D eigenvalue weighted by molar-refractivity contribution is 6.37. The van der Waals surface area contributed by atoms with Crippen LogP contribution in [0.25, 0.3) is 11.1 Å². The minimum Gasteiger partial charge on any atom is -0.478 e. The molecule has 31 heavy (non-hydrogen) atoms. The zero-order valence-electron chi connectivity index (χ0n) is 14.7. The molecule has 3 aromatic carbocycles. The molecule has 2 N–H and O–H groups in total. The van der Waals surface area contributed by atoms with Gasteiger partial charge in [-0.15, -0.1) is 0 Å². The molecular formula is C23H21Cl2NO5. The van der Waals surface area contributed by atoms with Crippen LogP contribution in [-0.4, -0.2) is 23.8 Å². The zero-order chi connectivity index (χ0) is 20.5. The van der Waals surface area contributed by atoms with E-state index < -0.39 is 11.9 Å². The van der Waals surface area contributed by atoms with Crippen LogP contribution in [0.4, 0.5) is 5.69 Å². The van der Waals surface area contributed by atoms with Crippen LogP contribution in [0.5, 0.6) is 11.5 Å². The number of carbonyl (C=O) groups excluding carboxylic acids is 1. The number of fused-ring (bicyclic) bond motifs is 1. The summed E-state index contributed by atoms with van der Waals surface area (Å²) in [5.74, 6) is -0.486. The van der Waals surface area contributed by atoms with Gasteiger partial charge in [-0.1, -0.05) is 50.2 Å². The third-order valence-corrected chi connectivity index (χ3v) is 4.93. The first-order valence-corrected chi connectivity index (χ1v) is 9.22. The number of hydrogen-bond acceptors (Lipinski definition) is 4. The first kappa shape index (κ1) is 24.1. The van der Waals surface area contributed by atoms with Gasteiger partial charge in [0, 0.05) is 5.02 Å². The van der Waals surface area contributed by atoms with Crippen LogP contribution < -0.4 is 14.8 Å². The molecule has 0 atom stereocenters. The molecule has 4 rings (SSSR count). The van der Waals surface area contributed by atoms with E-state index in [1.165, 1.54) is 30.3 Å². The molecule has 162 valence electrons. The summed E-state index contributed by atoms with van der Waals surface area (Å²) in [7, 11) is 0. The lowest BCUT2D eigenvalue weighted by Gasteiger charge is -2.12. The minimum absolute atomic E-state index is 0. The Morgan fingerprint density at radius 3 is 2.23 bits per heavy atom. The predicted octanol–water partition coefficient (Wildman–Crippen LogP) is 6.61. The van der Waals surface area contributed by atoms with Gasteiger partial charge in [0.25, 0.3) is 5.91 Å². The predicted molar refractivity (Wildman–Crippen MR) is 123 cm³/mol. The van der Waals surface area contributed by atoms with Crippen molar-refractivity contribution >= 4 is 40.8 Å². The Morgan fingerprint density at radius 2 is 1.52 bits per heavy atom. The average Bonchev–Trinajstić information content (AvgIpc) is 3.15.